The number of primary amides is 1. The highest BCUT2D eigenvalue weighted by Gasteiger charge is 2.13. The third kappa shape index (κ3) is 2.88. The van der Waals surface area contributed by atoms with Gasteiger partial charge in [-0.3, -0.25) is 4.79 Å². The number of amides is 1. The van der Waals surface area contributed by atoms with Crippen molar-refractivity contribution in [3.05, 3.63) is 23.8 Å². The molecule has 5 heteroatoms. The van der Waals surface area contributed by atoms with Crippen molar-refractivity contribution >= 4 is 17.3 Å². The van der Waals surface area contributed by atoms with Crippen LogP contribution in [-0.2, 0) is 0 Å². The number of carbonyl (C=O) groups excluding carboxylic acids is 1. The van der Waals surface area contributed by atoms with E-state index in [0.29, 0.717) is 17.7 Å². The molecule has 5 nitrogen and oxygen atoms in total. The van der Waals surface area contributed by atoms with Crippen molar-refractivity contribution < 1.29 is 4.79 Å². The summed E-state index contributed by atoms with van der Waals surface area (Å²) in [5.74, 6) is -0.504. The molecule has 0 saturated heterocycles. The lowest BCUT2D eigenvalue weighted by atomic mass is 10.1. The van der Waals surface area contributed by atoms with E-state index >= 15 is 0 Å². The van der Waals surface area contributed by atoms with Gasteiger partial charge in [-0.05, 0) is 25.1 Å². The minimum absolute atomic E-state index is 0.0572. The summed E-state index contributed by atoms with van der Waals surface area (Å²) in [6, 6.07) is 7.08. The van der Waals surface area contributed by atoms with Gasteiger partial charge in [-0.1, -0.05) is 0 Å². The van der Waals surface area contributed by atoms with Crippen molar-refractivity contribution in [3.63, 3.8) is 0 Å². The van der Waals surface area contributed by atoms with Gasteiger partial charge in [0.25, 0.3) is 0 Å². The van der Waals surface area contributed by atoms with Gasteiger partial charge in [-0.2, -0.15) is 5.26 Å². The molecular weight excluding hydrogens is 216 g/mol. The molecule has 0 aliphatic carbocycles. The van der Waals surface area contributed by atoms with Crippen LogP contribution >= 0.6 is 0 Å². The van der Waals surface area contributed by atoms with Gasteiger partial charge in [0.1, 0.15) is 0 Å². The molecule has 1 aromatic carbocycles. The monoisotopic (exact) mass is 232 g/mol. The first kappa shape index (κ1) is 12.8. The number of nitrogens with zero attached hydrogens (tertiary/aromatic N) is 2. The molecular formula is C12H16N4O. The average Bonchev–Trinajstić information content (AvgIpc) is 2.28. The highest BCUT2D eigenvalue weighted by Crippen LogP contribution is 2.25. The first-order chi connectivity index (χ1) is 7.97. The third-order valence-electron chi connectivity index (χ3n) is 2.74. The van der Waals surface area contributed by atoms with Crippen LogP contribution in [-0.4, -0.2) is 19.0 Å². The molecule has 4 N–H and O–H groups in total. The molecule has 0 aliphatic rings. The molecule has 1 unspecified atom stereocenters. The molecule has 1 amide bonds. The topological polar surface area (TPSA) is 96.1 Å². The van der Waals surface area contributed by atoms with Gasteiger partial charge >= 0.3 is 0 Å². The highest BCUT2D eigenvalue weighted by molar-refractivity contribution is 5.94. The lowest BCUT2D eigenvalue weighted by molar-refractivity contribution is 0.100. The summed E-state index contributed by atoms with van der Waals surface area (Å²) in [7, 11) is 1.86. The molecule has 0 saturated carbocycles. The van der Waals surface area contributed by atoms with Crippen molar-refractivity contribution in [1.82, 2.24) is 0 Å². The number of benzene rings is 1. The van der Waals surface area contributed by atoms with Crippen molar-refractivity contribution in [3.8, 4) is 6.07 Å². The summed E-state index contributed by atoms with van der Waals surface area (Å²) >= 11 is 0. The lowest BCUT2D eigenvalue weighted by Crippen LogP contribution is -2.29. The third-order valence-corrected chi connectivity index (χ3v) is 2.74. The number of nitrogen functional groups attached to an aromatic ring is 1. The number of nitrogens with two attached hydrogens (primary N) is 2. The number of rotatable bonds is 4. The van der Waals surface area contributed by atoms with Crippen molar-refractivity contribution in [2.45, 2.75) is 19.4 Å². The summed E-state index contributed by atoms with van der Waals surface area (Å²) < 4.78 is 0. The minimum Gasteiger partial charge on any atom is -0.397 e. The van der Waals surface area contributed by atoms with Crippen LogP contribution in [0.1, 0.15) is 23.7 Å². The number of carbonyl (C=O) groups is 1. The molecule has 1 atom stereocenters. The van der Waals surface area contributed by atoms with E-state index in [-0.39, 0.29) is 6.04 Å². The second-order valence-electron chi connectivity index (χ2n) is 3.96. The fraction of sp³-hybridized carbons (Fsp3) is 0.333. The van der Waals surface area contributed by atoms with Crippen LogP contribution in [0.4, 0.5) is 11.4 Å². The predicted octanol–water partition coefficient (Wildman–Crippen LogP) is 1.11. The van der Waals surface area contributed by atoms with Crippen LogP contribution in [0.15, 0.2) is 18.2 Å². The van der Waals surface area contributed by atoms with E-state index in [4.69, 9.17) is 16.7 Å². The van der Waals surface area contributed by atoms with Gasteiger partial charge in [0, 0.05) is 18.7 Å². The Kier molecular flexibility index (Phi) is 3.94. The van der Waals surface area contributed by atoms with E-state index in [0.717, 1.165) is 5.69 Å². The Hall–Kier alpha value is -2.22. The fourth-order valence-electron chi connectivity index (χ4n) is 1.54. The van der Waals surface area contributed by atoms with E-state index in [1.165, 1.54) is 0 Å². The van der Waals surface area contributed by atoms with Gasteiger partial charge in [-0.15, -0.1) is 0 Å². The van der Waals surface area contributed by atoms with Gasteiger partial charge in [0.15, 0.2) is 0 Å². The number of hydrogen-bond acceptors (Lipinski definition) is 4. The lowest BCUT2D eigenvalue weighted by Gasteiger charge is -2.26. The first-order valence-corrected chi connectivity index (χ1v) is 5.26. The molecule has 0 aromatic heterocycles. The van der Waals surface area contributed by atoms with E-state index in [2.05, 4.69) is 6.07 Å². The minimum atomic E-state index is -0.504. The van der Waals surface area contributed by atoms with Crippen molar-refractivity contribution in [1.29, 1.82) is 5.26 Å². The van der Waals surface area contributed by atoms with E-state index in [9.17, 15) is 4.79 Å². The maximum absolute atomic E-state index is 11.0. The Morgan fingerprint density at radius 3 is 2.71 bits per heavy atom. The molecule has 1 aromatic rings. The normalized spacial score (nSPS) is 11.6. The predicted molar refractivity (Wildman–Crippen MR) is 67.5 cm³/mol. The van der Waals surface area contributed by atoms with Crippen LogP contribution in [0.25, 0.3) is 0 Å². The van der Waals surface area contributed by atoms with E-state index in [1.54, 1.807) is 18.2 Å². The summed E-state index contributed by atoms with van der Waals surface area (Å²) in [5.41, 5.74) is 12.7. The second kappa shape index (κ2) is 5.21. The largest absolute Gasteiger partial charge is 0.397 e. The summed E-state index contributed by atoms with van der Waals surface area (Å²) in [5, 5.41) is 8.65. The van der Waals surface area contributed by atoms with Crippen LogP contribution in [0, 0.1) is 11.3 Å². The zero-order chi connectivity index (χ0) is 13.0. The smallest absolute Gasteiger partial charge is 0.248 e. The van der Waals surface area contributed by atoms with E-state index < -0.39 is 5.91 Å². The Balaban J connectivity index is 3.00. The molecule has 0 spiro atoms. The summed E-state index contributed by atoms with van der Waals surface area (Å²) in [6.45, 7) is 1.94. The Labute approximate surface area is 101 Å². The van der Waals surface area contributed by atoms with Gasteiger partial charge in [-0.25, -0.2) is 0 Å². The highest BCUT2D eigenvalue weighted by atomic mass is 16.1. The molecule has 0 radical (unpaired) electrons. The molecule has 17 heavy (non-hydrogen) atoms. The van der Waals surface area contributed by atoms with Crippen molar-refractivity contribution in [2.75, 3.05) is 17.7 Å². The maximum Gasteiger partial charge on any atom is 0.248 e. The maximum atomic E-state index is 11.0. The zero-order valence-corrected chi connectivity index (χ0v) is 9.97. The van der Waals surface area contributed by atoms with Crippen LogP contribution in [0.2, 0.25) is 0 Å². The van der Waals surface area contributed by atoms with Crippen LogP contribution < -0.4 is 16.4 Å². The molecule has 0 aliphatic heterocycles. The average molecular weight is 232 g/mol. The molecule has 90 valence electrons. The SMILES string of the molecule is CC(CC#N)N(C)c1ccc(C(N)=O)cc1N. The molecule has 1 rings (SSSR count). The van der Waals surface area contributed by atoms with Gasteiger partial charge < -0.3 is 16.4 Å². The second-order valence-corrected chi connectivity index (χ2v) is 3.96. The van der Waals surface area contributed by atoms with E-state index in [1.807, 2.05) is 18.9 Å². The number of hydrogen-bond donors (Lipinski definition) is 2. The van der Waals surface area contributed by atoms with Gasteiger partial charge in [0.05, 0.1) is 23.9 Å². The first-order valence-electron chi connectivity index (χ1n) is 5.26. The Bertz CT molecular complexity index is 464. The Morgan fingerprint density at radius 2 is 2.24 bits per heavy atom. The van der Waals surface area contributed by atoms with Crippen molar-refractivity contribution in [2.24, 2.45) is 5.73 Å². The Morgan fingerprint density at radius 1 is 1.59 bits per heavy atom. The van der Waals surface area contributed by atoms with Crippen LogP contribution in [0.3, 0.4) is 0 Å². The quantitative estimate of drug-likeness (QED) is 0.760. The number of nitriles is 1. The molecule has 0 heterocycles. The number of anilines is 2. The summed E-state index contributed by atoms with van der Waals surface area (Å²) in [4.78, 5) is 12.9. The standard InChI is InChI=1S/C12H16N4O/c1-8(5-6-13)16(2)11-4-3-9(12(15)17)7-10(11)14/h3-4,7-8H,5,14H2,1-2H3,(H2,15,17). The molecule has 0 bridgehead atoms. The summed E-state index contributed by atoms with van der Waals surface area (Å²) in [6.07, 6.45) is 0.410. The van der Waals surface area contributed by atoms with Crippen LogP contribution in [0.5, 0.6) is 0 Å². The molecule has 0 fully saturated rings. The fourth-order valence-corrected chi connectivity index (χ4v) is 1.54. The zero-order valence-electron chi connectivity index (χ0n) is 9.97. The van der Waals surface area contributed by atoms with Gasteiger partial charge in [0.2, 0.25) is 5.91 Å².